The Kier molecular flexibility index (Phi) is 5.30. The molecule has 0 spiro atoms. The predicted molar refractivity (Wildman–Crippen MR) is 87.2 cm³/mol. The second kappa shape index (κ2) is 7.22. The predicted octanol–water partition coefficient (Wildman–Crippen LogP) is 0.439. The molecule has 0 aliphatic heterocycles. The summed E-state index contributed by atoms with van der Waals surface area (Å²) in [6.45, 7) is 5.11. The van der Waals surface area contributed by atoms with E-state index in [0.29, 0.717) is 22.1 Å². The number of aliphatic hydroxyl groups excluding tert-OH is 1. The first kappa shape index (κ1) is 17.6. The maximum atomic E-state index is 12.2. The van der Waals surface area contributed by atoms with E-state index in [1.54, 1.807) is 26.8 Å². The number of aromatic nitrogens is 2. The molecule has 0 fully saturated rings. The number of esters is 1. The van der Waals surface area contributed by atoms with Crippen LogP contribution in [0.5, 0.6) is 0 Å². The van der Waals surface area contributed by atoms with Gasteiger partial charge < -0.3 is 15.2 Å². The summed E-state index contributed by atoms with van der Waals surface area (Å²) in [5, 5.41) is 17.9. The number of hydrogen-bond acceptors (Lipinski definition) is 6. The molecule has 0 radical (unpaired) electrons. The van der Waals surface area contributed by atoms with Gasteiger partial charge in [0, 0.05) is 11.9 Å². The SMILES string of the molecule is CCOC(=O)c1c(C)cc2c(C(=O)NCCO)n[nH]c(=O)c2c1C. The van der Waals surface area contributed by atoms with Crippen LogP contribution in [0.1, 0.15) is 38.9 Å². The molecule has 8 nitrogen and oxygen atoms in total. The Hall–Kier alpha value is -2.74. The quantitative estimate of drug-likeness (QED) is 0.683. The number of hydrogen-bond donors (Lipinski definition) is 3. The van der Waals surface area contributed by atoms with Crippen LogP contribution in [0.2, 0.25) is 0 Å². The summed E-state index contributed by atoms with van der Waals surface area (Å²) in [7, 11) is 0. The Balaban J connectivity index is 2.72. The minimum Gasteiger partial charge on any atom is -0.462 e. The van der Waals surface area contributed by atoms with Crippen LogP contribution in [0, 0.1) is 13.8 Å². The first-order valence-corrected chi connectivity index (χ1v) is 7.51. The summed E-state index contributed by atoms with van der Waals surface area (Å²) < 4.78 is 5.04. The highest BCUT2D eigenvalue weighted by Gasteiger charge is 2.22. The van der Waals surface area contributed by atoms with Gasteiger partial charge in [-0.3, -0.25) is 9.59 Å². The van der Waals surface area contributed by atoms with Crippen molar-refractivity contribution < 1.29 is 19.4 Å². The van der Waals surface area contributed by atoms with Crippen LogP contribution >= 0.6 is 0 Å². The first-order chi connectivity index (χ1) is 11.4. The average molecular weight is 333 g/mol. The average Bonchev–Trinajstić information content (AvgIpc) is 2.52. The lowest BCUT2D eigenvalue weighted by molar-refractivity contribution is 0.0525. The molecule has 0 saturated carbocycles. The molecule has 0 aliphatic rings. The van der Waals surface area contributed by atoms with Gasteiger partial charge in [-0.15, -0.1) is 0 Å². The number of fused-ring (bicyclic) bond motifs is 1. The van der Waals surface area contributed by atoms with Crippen molar-refractivity contribution in [3.05, 3.63) is 38.8 Å². The van der Waals surface area contributed by atoms with E-state index in [2.05, 4.69) is 15.5 Å². The van der Waals surface area contributed by atoms with Crippen molar-refractivity contribution in [2.75, 3.05) is 19.8 Å². The van der Waals surface area contributed by atoms with E-state index in [1.165, 1.54) is 0 Å². The van der Waals surface area contributed by atoms with Gasteiger partial charge in [0.05, 0.1) is 24.2 Å². The zero-order valence-electron chi connectivity index (χ0n) is 13.7. The smallest absolute Gasteiger partial charge is 0.338 e. The molecule has 3 N–H and O–H groups in total. The maximum Gasteiger partial charge on any atom is 0.338 e. The van der Waals surface area contributed by atoms with Gasteiger partial charge in [-0.1, -0.05) is 0 Å². The molecule has 1 aromatic heterocycles. The molecule has 0 aliphatic carbocycles. The van der Waals surface area contributed by atoms with Crippen molar-refractivity contribution in [3.63, 3.8) is 0 Å². The number of amides is 1. The van der Waals surface area contributed by atoms with Crippen LogP contribution in [0.25, 0.3) is 10.8 Å². The third-order valence-corrected chi connectivity index (χ3v) is 3.62. The number of nitrogens with one attached hydrogen (secondary N) is 2. The van der Waals surface area contributed by atoms with Crippen molar-refractivity contribution in [1.82, 2.24) is 15.5 Å². The molecule has 0 bridgehead atoms. The Morgan fingerprint density at radius 3 is 2.71 bits per heavy atom. The van der Waals surface area contributed by atoms with Gasteiger partial charge in [-0.2, -0.15) is 5.10 Å². The normalized spacial score (nSPS) is 10.7. The molecule has 1 heterocycles. The topological polar surface area (TPSA) is 121 Å². The third kappa shape index (κ3) is 3.13. The maximum absolute atomic E-state index is 12.2. The minimum atomic E-state index is -0.520. The summed E-state index contributed by atoms with van der Waals surface area (Å²) in [6.07, 6.45) is 0. The summed E-state index contributed by atoms with van der Waals surface area (Å²) in [6, 6.07) is 1.57. The van der Waals surface area contributed by atoms with Gasteiger partial charge in [0.2, 0.25) is 0 Å². The molecule has 0 atom stereocenters. The van der Waals surface area contributed by atoms with Crippen molar-refractivity contribution in [1.29, 1.82) is 0 Å². The second-order valence-electron chi connectivity index (χ2n) is 5.22. The number of rotatable bonds is 5. The van der Waals surface area contributed by atoms with Gasteiger partial charge in [0.25, 0.3) is 11.5 Å². The molecule has 2 aromatic rings. The highest BCUT2D eigenvalue weighted by molar-refractivity contribution is 6.08. The lowest BCUT2D eigenvalue weighted by Gasteiger charge is -2.13. The van der Waals surface area contributed by atoms with Crippen LogP contribution in [-0.4, -0.2) is 46.9 Å². The van der Waals surface area contributed by atoms with Crippen molar-refractivity contribution in [2.24, 2.45) is 0 Å². The molecule has 1 amide bonds. The van der Waals surface area contributed by atoms with Gasteiger partial charge in [-0.05, 0) is 38.0 Å². The van der Waals surface area contributed by atoms with Crippen LogP contribution in [0.3, 0.4) is 0 Å². The Labute approximate surface area is 137 Å². The fourth-order valence-electron chi connectivity index (χ4n) is 2.63. The number of carbonyl (C=O) groups is 2. The molecule has 128 valence electrons. The second-order valence-corrected chi connectivity index (χ2v) is 5.22. The summed E-state index contributed by atoms with van der Waals surface area (Å²) >= 11 is 0. The first-order valence-electron chi connectivity index (χ1n) is 7.51. The Morgan fingerprint density at radius 1 is 1.38 bits per heavy atom. The van der Waals surface area contributed by atoms with Crippen LogP contribution < -0.4 is 10.9 Å². The van der Waals surface area contributed by atoms with Gasteiger partial charge in [0.15, 0.2) is 5.69 Å². The van der Waals surface area contributed by atoms with E-state index in [-0.39, 0.29) is 30.8 Å². The molecule has 0 unspecified atom stereocenters. The third-order valence-electron chi connectivity index (χ3n) is 3.62. The van der Waals surface area contributed by atoms with Crippen molar-refractivity contribution >= 4 is 22.6 Å². The minimum absolute atomic E-state index is 0.0275. The Bertz CT molecular complexity index is 857. The Morgan fingerprint density at radius 2 is 2.08 bits per heavy atom. The van der Waals surface area contributed by atoms with E-state index in [1.807, 2.05) is 0 Å². The lowest BCUT2D eigenvalue weighted by Crippen LogP contribution is -2.29. The number of aliphatic hydroxyl groups is 1. The number of H-pyrrole nitrogens is 1. The number of aryl methyl sites for hydroxylation is 2. The zero-order valence-corrected chi connectivity index (χ0v) is 13.7. The van der Waals surface area contributed by atoms with Crippen LogP contribution in [0.15, 0.2) is 10.9 Å². The van der Waals surface area contributed by atoms with E-state index >= 15 is 0 Å². The summed E-state index contributed by atoms with van der Waals surface area (Å²) in [5.74, 6) is -1.04. The number of ether oxygens (including phenoxy) is 1. The monoisotopic (exact) mass is 333 g/mol. The van der Waals surface area contributed by atoms with E-state index < -0.39 is 17.4 Å². The zero-order chi connectivity index (χ0) is 17.9. The molecular weight excluding hydrogens is 314 g/mol. The summed E-state index contributed by atoms with van der Waals surface area (Å²) in [5.41, 5.74) is 0.861. The molecule has 8 heteroatoms. The van der Waals surface area contributed by atoms with Gasteiger partial charge in [0.1, 0.15) is 0 Å². The highest BCUT2D eigenvalue weighted by Crippen LogP contribution is 2.25. The number of carbonyl (C=O) groups excluding carboxylic acids is 2. The molecule has 0 saturated heterocycles. The van der Waals surface area contributed by atoms with E-state index in [4.69, 9.17) is 9.84 Å². The van der Waals surface area contributed by atoms with Crippen LogP contribution in [0.4, 0.5) is 0 Å². The van der Waals surface area contributed by atoms with Crippen molar-refractivity contribution in [2.45, 2.75) is 20.8 Å². The van der Waals surface area contributed by atoms with Crippen LogP contribution in [-0.2, 0) is 4.74 Å². The molecular formula is C16H19N3O5. The summed E-state index contributed by atoms with van der Waals surface area (Å²) in [4.78, 5) is 36.5. The fraction of sp³-hybridized carbons (Fsp3) is 0.375. The van der Waals surface area contributed by atoms with Crippen molar-refractivity contribution in [3.8, 4) is 0 Å². The van der Waals surface area contributed by atoms with E-state index in [0.717, 1.165) is 0 Å². The number of benzene rings is 1. The molecule has 2 rings (SSSR count). The van der Waals surface area contributed by atoms with E-state index in [9.17, 15) is 14.4 Å². The molecule has 24 heavy (non-hydrogen) atoms. The number of aromatic amines is 1. The molecule has 1 aromatic carbocycles. The standard InChI is InChI=1S/C16H19N3O5/c1-4-24-16(23)11-8(2)7-10-12(9(11)3)14(21)19-18-13(10)15(22)17-5-6-20/h7,20H,4-6H2,1-3H3,(H,17,22)(H,19,21). The number of nitrogens with zero attached hydrogens (tertiary/aromatic N) is 1. The lowest BCUT2D eigenvalue weighted by atomic mass is 9.95. The van der Waals surface area contributed by atoms with Gasteiger partial charge >= 0.3 is 5.97 Å². The van der Waals surface area contributed by atoms with Gasteiger partial charge in [-0.25, -0.2) is 9.89 Å². The highest BCUT2D eigenvalue weighted by atomic mass is 16.5. The fourth-order valence-corrected chi connectivity index (χ4v) is 2.63. The largest absolute Gasteiger partial charge is 0.462 e.